The second-order valence-electron chi connectivity index (χ2n) is 17.2. The van der Waals surface area contributed by atoms with Gasteiger partial charge in [0, 0.05) is 40.1 Å². The van der Waals surface area contributed by atoms with Crippen LogP contribution in [0.5, 0.6) is 0 Å². The van der Waals surface area contributed by atoms with Gasteiger partial charge in [-0.2, -0.15) is 0 Å². The molecule has 296 valence electrons. The van der Waals surface area contributed by atoms with E-state index in [-0.39, 0.29) is 5.41 Å². The van der Waals surface area contributed by atoms with Gasteiger partial charge in [-0.05, 0) is 119 Å². The van der Waals surface area contributed by atoms with Crippen molar-refractivity contribution in [3.8, 4) is 78.4 Å². The Bertz CT molecular complexity index is 3590. The highest BCUT2D eigenvalue weighted by molar-refractivity contribution is 6.12. The van der Waals surface area contributed by atoms with Crippen molar-refractivity contribution in [2.75, 3.05) is 0 Å². The molecule has 9 aromatic carbocycles. The molecule has 0 amide bonds. The van der Waals surface area contributed by atoms with Crippen LogP contribution in [0.1, 0.15) is 25.0 Å². The van der Waals surface area contributed by atoms with Gasteiger partial charge in [0.15, 0.2) is 5.82 Å². The van der Waals surface area contributed by atoms with Gasteiger partial charge in [-0.3, -0.25) is 4.98 Å². The van der Waals surface area contributed by atoms with Crippen LogP contribution >= 0.6 is 0 Å². The summed E-state index contributed by atoms with van der Waals surface area (Å²) in [5.41, 5.74) is 17.2. The van der Waals surface area contributed by atoms with Crippen LogP contribution in [0.25, 0.3) is 111 Å². The number of hydrogen-bond donors (Lipinski definition) is 0. The summed E-state index contributed by atoms with van der Waals surface area (Å²) in [4.78, 5) is 14.8. The molecule has 0 unspecified atom stereocenters. The number of aromatic nitrogens is 3. The first kappa shape index (κ1) is 36.8. The molecule has 0 aliphatic heterocycles. The summed E-state index contributed by atoms with van der Waals surface area (Å²) >= 11 is 0. The zero-order valence-corrected chi connectivity index (χ0v) is 35.0. The summed E-state index contributed by atoms with van der Waals surface area (Å²) in [6.45, 7) is 4.72. The maximum absolute atomic E-state index is 5.27. The summed E-state index contributed by atoms with van der Waals surface area (Å²) in [5.74, 6) is 0.691. The van der Waals surface area contributed by atoms with Crippen molar-refractivity contribution < 1.29 is 0 Å². The van der Waals surface area contributed by atoms with Gasteiger partial charge in [0.05, 0.1) is 11.4 Å². The predicted molar refractivity (Wildman–Crippen MR) is 263 cm³/mol. The summed E-state index contributed by atoms with van der Waals surface area (Å²) in [7, 11) is 0. The maximum Gasteiger partial charge on any atom is 0.160 e. The third kappa shape index (κ3) is 6.15. The van der Waals surface area contributed by atoms with Crippen molar-refractivity contribution in [2.24, 2.45) is 0 Å². The molecule has 2 heterocycles. The number of hydrogen-bond acceptors (Lipinski definition) is 3. The standard InChI is InChI=1S/C60H41N3/c1-60(2)55-30-25-42(34-53(55)54-33-40-16-6-7-17-41(40)35-56(54)60)45-26-27-50(47-22-9-8-21-46(45)47)51-28-29-52(49-24-11-10-23-48(49)51)58-36-57(62-59(63-58)38-14-4-3-5-15-38)43-19-12-18-39(32-43)44-20-13-31-61-37-44/h3-37H,1-2H3. The molecule has 0 saturated heterocycles. The molecule has 3 heteroatoms. The molecule has 3 nitrogen and oxygen atoms in total. The van der Waals surface area contributed by atoms with Crippen LogP contribution in [0.15, 0.2) is 213 Å². The molecule has 2 aromatic heterocycles. The highest BCUT2D eigenvalue weighted by Gasteiger charge is 2.36. The van der Waals surface area contributed by atoms with Crippen LogP contribution in [0.3, 0.4) is 0 Å². The van der Waals surface area contributed by atoms with Gasteiger partial charge in [0.1, 0.15) is 0 Å². The topological polar surface area (TPSA) is 38.7 Å². The quantitative estimate of drug-likeness (QED) is 0.168. The average Bonchev–Trinajstić information content (AvgIpc) is 3.57. The Balaban J connectivity index is 0.987. The van der Waals surface area contributed by atoms with Gasteiger partial charge in [-0.25, -0.2) is 9.97 Å². The van der Waals surface area contributed by atoms with Crippen molar-refractivity contribution in [1.29, 1.82) is 0 Å². The van der Waals surface area contributed by atoms with Gasteiger partial charge in [-0.15, -0.1) is 0 Å². The van der Waals surface area contributed by atoms with Crippen molar-refractivity contribution >= 4 is 32.3 Å². The van der Waals surface area contributed by atoms with Crippen molar-refractivity contribution in [3.05, 3.63) is 224 Å². The van der Waals surface area contributed by atoms with Crippen LogP contribution in [-0.4, -0.2) is 15.0 Å². The van der Waals surface area contributed by atoms with Crippen LogP contribution in [0, 0.1) is 0 Å². The minimum Gasteiger partial charge on any atom is -0.264 e. The summed E-state index contributed by atoms with van der Waals surface area (Å²) in [6, 6.07) is 72.4. The van der Waals surface area contributed by atoms with E-state index in [9.17, 15) is 0 Å². The second-order valence-corrected chi connectivity index (χ2v) is 17.2. The normalized spacial score (nSPS) is 12.7. The largest absolute Gasteiger partial charge is 0.264 e. The first-order valence-corrected chi connectivity index (χ1v) is 21.7. The molecule has 1 aliphatic rings. The maximum atomic E-state index is 5.27. The molecule has 1 aliphatic carbocycles. The fourth-order valence-corrected chi connectivity index (χ4v) is 9.99. The van der Waals surface area contributed by atoms with E-state index in [0.29, 0.717) is 5.82 Å². The highest BCUT2D eigenvalue weighted by atomic mass is 14.9. The molecule has 0 atom stereocenters. The molecule has 11 aromatic rings. The smallest absolute Gasteiger partial charge is 0.160 e. The lowest BCUT2D eigenvalue weighted by Crippen LogP contribution is -2.14. The lowest BCUT2D eigenvalue weighted by Gasteiger charge is -2.22. The first-order valence-electron chi connectivity index (χ1n) is 21.7. The van der Waals surface area contributed by atoms with Gasteiger partial charge < -0.3 is 0 Å². The minimum atomic E-state index is -0.0752. The molecule has 0 spiro atoms. The fourth-order valence-electron chi connectivity index (χ4n) is 9.99. The number of fused-ring (bicyclic) bond motifs is 6. The van der Waals surface area contributed by atoms with E-state index in [0.717, 1.165) is 44.6 Å². The highest BCUT2D eigenvalue weighted by Crippen LogP contribution is 2.51. The van der Waals surface area contributed by atoms with E-state index >= 15 is 0 Å². The Hall–Kier alpha value is -8.01. The van der Waals surface area contributed by atoms with E-state index in [1.165, 1.54) is 71.4 Å². The van der Waals surface area contributed by atoms with E-state index < -0.39 is 0 Å². The van der Waals surface area contributed by atoms with E-state index in [4.69, 9.17) is 9.97 Å². The van der Waals surface area contributed by atoms with Crippen LogP contribution in [0.2, 0.25) is 0 Å². The Labute approximate surface area is 367 Å². The van der Waals surface area contributed by atoms with Crippen molar-refractivity contribution in [3.63, 3.8) is 0 Å². The zero-order chi connectivity index (χ0) is 42.1. The van der Waals surface area contributed by atoms with Crippen LogP contribution < -0.4 is 0 Å². The molecule has 0 saturated carbocycles. The summed E-state index contributed by atoms with van der Waals surface area (Å²) in [6.07, 6.45) is 3.71. The molecule has 0 N–H and O–H groups in total. The molecule has 0 fully saturated rings. The SMILES string of the molecule is CC1(C)c2ccc(-c3ccc(-c4ccc(-c5cc(-c6cccc(-c7cccnc7)c6)nc(-c6ccccc6)n5)c5ccccc45)c4ccccc34)cc2-c2cc3ccccc3cc21. The Kier molecular flexibility index (Phi) is 8.52. The first-order chi connectivity index (χ1) is 31.0. The molecule has 0 radical (unpaired) electrons. The molecular weight excluding hydrogens is 763 g/mol. The molecule has 12 rings (SSSR count). The molecule has 63 heavy (non-hydrogen) atoms. The Morgan fingerprint density at radius 3 is 1.63 bits per heavy atom. The number of rotatable bonds is 6. The summed E-state index contributed by atoms with van der Waals surface area (Å²) < 4.78 is 0. The van der Waals surface area contributed by atoms with E-state index in [1.54, 1.807) is 6.20 Å². The second kappa shape index (κ2) is 14.6. The fraction of sp³-hybridized carbons (Fsp3) is 0.0500. The predicted octanol–water partition coefficient (Wildman–Crippen LogP) is 15.6. The third-order valence-corrected chi connectivity index (χ3v) is 13.2. The molecule has 0 bridgehead atoms. The van der Waals surface area contributed by atoms with E-state index in [2.05, 4.69) is 195 Å². The van der Waals surface area contributed by atoms with Crippen LogP contribution in [0.4, 0.5) is 0 Å². The lowest BCUT2D eigenvalue weighted by molar-refractivity contribution is 0.661. The molecular formula is C60H41N3. The number of pyridine rings is 1. The number of benzene rings is 9. The Morgan fingerprint density at radius 1 is 0.333 bits per heavy atom. The Morgan fingerprint density at radius 2 is 0.905 bits per heavy atom. The van der Waals surface area contributed by atoms with Crippen molar-refractivity contribution in [2.45, 2.75) is 19.3 Å². The third-order valence-electron chi connectivity index (χ3n) is 13.2. The lowest BCUT2D eigenvalue weighted by atomic mass is 9.81. The summed E-state index contributed by atoms with van der Waals surface area (Å²) in [5, 5.41) is 7.35. The number of nitrogens with zero attached hydrogens (tertiary/aromatic N) is 3. The van der Waals surface area contributed by atoms with E-state index in [1.807, 2.05) is 30.5 Å². The van der Waals surface area contributed by atoms with Crippen molar-refractivity contribution in [1.82, 2.24) is 15.0 Å². The average molecular weight is 804 g/mol. The minimum absolute atomic E-state index is 0.0752. The van der Waals surface area contributed by atoms with Gasteiger partial charge in [0.25, 0.3) is 0 Å². The van der Waals surface area contributed by atoms with Gasteiger partial charge in [-0.1, -0.05) is 178 Å². The van der Waals surface area contributed by atoms with Crippen LogP contribution in [-0.2, 0) is 5.41 Å². The zero-order valence-electron chi connectivity index (χ0n) is 35.0. The monoisotopic (exact) mass is 803 g/mol. The van der Waals surface area contributed by atoms with Gasteiger partial charge in [0.2, 0.25) is 0 Å². The van der Waals surface area contributed by atoms with Gasteiger partial charge >= 0.3 is 0 Å².